The molecule has 0 amide bonds. The molecule has 0 aromatic heterocycles. The zero-order valence-electron chi connectivity index (χ0n) is 9.31. The maximum Gasteiger partial charge on any atom is 0.00407 e. The topological polar surface area (TPSA) is 15.3 Å². The molecule has 0 bridgehead atoms. The van der Waals surface area contributed by atoms with Crippen molar-refractivity contribution in [1.29, 1.82) is 0 Å². The van der Waals surface area contributed by atoms with Crippen LogP contribution in [-0.4, -0.2) is 38.1 Å². The summed E-state index contributed by atoms with van der Waals surface area (Å²) in [5, 5.41) is 3.60. The summed E-state index contributed by atoms with van der Waals surface area (Å²) in [6.07, 6.45) is 7.37. The number of hydrogen-bond donors (Lipinski definition) is 1. The van der Waals surface area contributed by atoms with E-state index in [4.69, 9.17) is 0 Å². The molecule has 1 atom stereocenters. The molecule has 2 aliphatic heterocycles. The molecule has 3 rings (SSSR count). The standard InChI is InChI=1S/C12H22N2/c1-14-8-6-11(5-7-13-9-11)12(10-14)3-2-4-12/h13H,2-10H2,1H3. The number of hydrogen-bond acceptors (Lipinski definition) is 2. The minimum atomic E-state index is 0.692. The molecule has 2 nitrogen and oxygen atoms in total. The maximum absolute atomic E-state index is 3.60. The number of piperidine rings is 1. The van der Waals surface area contributed by atoms with Gasteiger partial charge in [-0.2, -0.15) is 0 Å². The van der Waals surface area contributed by atoms with Crippen LogP contribution in [0.3, 0.4) is 0 Å². The largest absolute Gasteiger partial charge is 0.316 e. The molecule has 1 N–H and O–H groups in total. The molecule has 1 aliphatic carbocycles. The van der Waals surface area contributed by atoms with Gasteiger partial charge in [0.25, 0.3) is 0 Å². The lowest BCUT2D eigenvalue weighted by Gasteiger charge is -2.59. The number of nitrogens with one attached hydrogen (secondary N) is 1. The Kier molecular flexibility index (Phi) is 1.94. The SMILES string of the molecule is CN1CCC2(CCNC2)C2(CCC2)C1. The quantitative estimate of drug-likeness (QED) is 0.628. The number of likely N-dealkylation sites (tertiary alicyclic amines) is 1. The van der Waals surface area contributed by atoms with E-state index in [1.54, 1.807) is 0 Å². The second-order valence-electron chi connectivity index (χ2n) is 5.83. The van der Waals surface area contributed by atoms with Gasteiger partial charge in [-0.25, -0.2) is 0 Å². The summed E-state index contributed by atoms with van der Waals surface area (Å²) in [5.74, 6) is 0. The molecular formula is C12H22N2. The van der Waals surface area contributed by atoms with E-state index < -0.39 is 0 Å². The predicted molar refractivity (Wildman–Crippen MR) is 58.3 cm³/mol. The Morgan fingerprint density at radius 1 is 1.07 bits per heavy atom. The van der Waals surface area contributed by atoms with Crippen molar-refractivity contribution in [2.75, 3.05) is 33.2 Å². The fraction of sp³-hybridized carbons (Fsp3) is 1.00. The molecule has 1 saturated carbocycles. The zero-order chi connectivity index (χ0) is 9.65. The summed E-state index contributed by atoms with van der Waals surface area (Å²) in [6.45, 7) is 5.27. The van der Waals surface area contributed by atoms with Crippen LogP contribution in [0.1, 0.15) is 32.1 Å². The molecule has 1 unspecified atom stereocenters. The molecule has 2 heterocycles. The Bertz CT molecular complexity index is 226. The highest BCUT2D eigenvalue weighted by Gasteiger charge is 2.57. The normalized spacial score (nSPS) is 41.8. The van der Waals surface area contributed by atoms with E-state index in [2.05, 4.69) is 17.3 Å². The summed E-state index contributed by atoms with van der Waals surface area (Å²) in [7, 11) is 2.30. The van der Waals surface area contributed by atoms with Gasteiger partial charge in [0.2, 0.25) is 0 Å². The van der Waals surface area contributed by atoms with Crippen molar-refractivity contribution in [2.24, 2.45) is 10.8 Å². The molecular weight excluding hydrogens is 172 g/mol. The van der Waals surface area contributed by atoms with Gasteiger partial charge in [-0.15, -0.1) is 0 Å². The van der Waals surface area contributed by atoms with Crippen molar-refractivity contribution >= 4 is 0 Å². The van der Waals surface area contributed by atoms with E-state index in [9.17, 15) is 0 Å². The van der Waals surface area contributed by atoms with Crippen LogP contribution in [0.15, 0.2) is 0 Å². The van der Waals surface area contributed by atoms with Gasteiger partial charge in [0.15, 0.2) is 0 Å². The zero-order valence-corrected chi connectivity index (χ0v) is 9.31. The Balaban J connectivity index is 1.88. The van der Waals surface area contributed by atoms with Crippen LogP contribution in [0.25, 0.3) is 0 Å². The van der Waals surface area contributed by atoms with Gasteiger partial charge in [-0.3, -0.25) is 0 Å². The van der Waals surface area contributed by atoms with E-state index in [-0.39, 0.29) is 0 Å². The summed E-state index contributed by atoms with van der Waals surface area (Å²) in [4.78, 5) is 2.56. The first-order chi connectivity index (χ1) is 6.77. The van der Waals surface area contributed by atoms with Gasteiger partial charge in [0.1, 0.15) is 0 Å². The maximum atomic E-state index is 3.60. The number of fused-ring (bicyclic) bond motifs is 1. The second-order valence-corrected chi connectivity index (χ2v) is 5.83. The molecule has 3 aliphatic rings. The van der Waals surface area contributed by atoms with E-state index >= 15 is 0 Å². The number of rotatable bonds is 0. The van der Waals surface area contributed by atoms with Gasteiger partial charge < -0.3 is 10.2 Å². The van der Waals surface area contributed by atoms with Gasteiger partial charge >= 0.3 is 0 Å². The van der Waals surface area contributed by atoms with Crippen LogP contribution < -0.4 is 5.32 Å². The molecule has 2 heteroatoms. The van der Waals surface area contributed by atoms with E-state index in [0.29, 0.717) is 10.8 Å². The Morgan fingerprint density at radius 3 is 2.50 bits per heavy atom. The van der Waals surface area contributed by atoms with Gasteiger partial charge in [0, 0.05) is 13.1 Å². The van der Waals surface area contributed by atoms with Gasteiger partial charge in [-0.1, -0.05) is 6.42 Å². The lowest BCUT2D eigenvalue weighted by molar-refractivity contribution is -0.0908. The predicted octanol–water partition coefficient (Wildman–Crippen LogP) is 1.47. The Labute approximate surface area is 87.0 Å². The van der Waals surface area contributed by atoms with Crippen LogP contribution in [0.2, 0.25) is 0 Å². The molecule has 2 saturated heterocycles. The minimum Gasteiger partial charge on any atom is -0.316 e. The lowest BCUT2D eigenvalue weighted by Crippen LogP contribution is -2.58. The monoisotopic (exact) mass is 194 g/mol. The van der Waals surface area contributed by atoms with Crippen LogP contribution in [0.4, 0.5) is 0 Å². The van der Waals surface area contributed by atoms with E-state index in [1.165, 1.54) is 58.3 Å². The molecule has 2 spiro atoms. The second kappa shape index (κ2) is 2.96. The summed E-state index contributed by atoms with van der Waals surface area (Å²) < 4.78 is 0. The third-order valence-electron chi connectivity index (χ3n) is 5.22. The molecule has 3 fully saturated rings. The third kappa shape index (κ3) is 1.04. The highest BCUT2D eigenvalue weighted by molar-refractivity contribution is 5.09. The van der Waals surface area contributed by atoms with E-state index in [0.717, 1.165) is 0 Å². The van der Waals surface area contributed by atoms with Gasteiger partial charge in [-0.05, 0) is 56.7 Å². The fourth-order valence-corrected chi connectivity index (χ4v) is 4.14. The molecule has 14 heavy (non-hydrogen) atoms. The lowest BCUT2D eigenvalue weighted by atomic mass is 9.50. The number of nitrogens with zero attached hydrogens (tertiary/aromatic N) is 1. The van der Waals surface area contributed by atoms with Crippen LogP contribution in [0.5, 0.6) is 0 Å². The Hall–Kier alpha value is -0.0800. The minimum absolute atomic E-state index is 0.692. The van der Waals surface area contributed by atoms with Crippen LogP contribution in [-0.2, 0) is 0 Å². The van der Waals surface area contributed by atoms with Gasteiger partial charge in [0.05, 0.1) is 0 Å². The van der Waals surface area contributed by atoms with Crippen molar-refractivity contribution in [2.45, 2.75) is 32.1 Å². The molecule has 0 aromatic rings. The first-order valence-electron chi connectivity index (χ1n) is 6.16. The average Bonchev–Trinajstić information content (AvgIpc) is 2.57. The highest BCUT2D eigenvalue weighted by Crippen LogP contribution is 2.60. The third-order valence-corrected chi connectivity index (χ3v) is 5.22. The smallest absolute Gasteiger partial charge is 0.00407 e. The highest BCUT2D eigenvalue weighted by atomic mass is 15.1. The first kappa shape index (κ1) is 9.17. The Morgan fingerprint density at radius 2 is 1.93 bits per heavy atom. The van der Waals surface area contributed by atoms with Crippen molar-refractivity contribution < 1.29 is 0 Å². The van der Waals surface area contributed by atoms with Crippen molar-refractivity contribution in [1.82, 2.24) is 10.2 Å². The molecule has 0 radical (unpaired) electrons. The summed E-state index contributed by atoms with van der Waals surface area (Å²) in [5.41, 5.74) is 1.40. The first-order valence-corrected chi connectivity index (χ1v) is 6.16. The van der Waals surface area contributed by atoms with Crippen LogP contribution in [0, 0.1) is 10.8 Å². The van der Waals surface area contributed by atoms with Crippen molar-refractivity contribution in [3.05, 3.63) is 0 Å². The summed E-state index contributed by atoms with van der Waals surface area (Å²) >= 11 is 0. The van der Waals surface area contributed by atoms with Crippen molar-refractivity contribution in [3.63, 3.8) is 0 Å². The van der Waals surface area contributed by atoms with Crippen molar-refractivity contribution in [3.8, 4) is 0 Å². The average molecular weight is 194 g/mol. The molecule has 80 valence electrons. The molecule has 0 aromatic carbocycles. The summed E-state index contributed by atoms with van der Waals surface area (Å²) in [6, 6.07) is 0. The van der Waals surface area contributed by atoms with Crippen LogP contribution >= 0.6 is 0 Å². The fourth-order valence-electron chi connectivity index (χ4n) is 4.14. The van der Waals surface area contributed by atoms with E-state index in [1.807, 2.05) is 0 Å².